The van der Waals surface area contributed by atoms with Crippen LogP contribution in [0.4, 0.5) is 15.8 Å². The summed E-state index contributed by atoms with van der Waals surface area (Å²) in [5.41, 5.74) is 4.24. The summed E-state index contributed by atoms with van der Waals surface area (Å²) >= 11 is 5.20. The summed E-state index contributed by atoms with van der Waals surface area (Å²) in [6.45, 7) is 0.176. The van der Waals surface area contributed by atoms with Crippen LogP contribution in [0.3, 0.4) is 0 Å². The summed E-state index contributed by atoms with van der Waals surface area (Å²) in [6.07, 6.45) is 0. The highest BCUT2D eigenvalue weighted by atomic mass is 32.2. The Kier molecular flexibility index (Phi) is 6.18. The smallest absolute Gasteiger partial charge is 0.279 e. The molecule has 3 aromatic rings. The van der Waals surface area contributed by atoms with Crippen molar-refractivity contribution in [3.8, 4) is 0 Å². The summed E-state index contributed by atoms with van der Waals surface area (Å²) in [7, 11) is -3.88. The van der Waals surface area contributed by atoms with Crippen molar-refractivity contribution in [2.75, 3.05) is 10.2 Å². The van der Waals surface area contributed by atoms with Gasteiger partial charge in [0, 0.05) is 11.3 Å². The number of nitrogens with two attached hydrogens (primary N) is 1. The van der Waals surface area contributed by atoms with E-state index in [-0.39, 0.29) is 28.0 Å². The minimum absolute atomic E-state index is 0.00123. The van der Waals surface area contributed by atoms with E-state index in [1.165, 1.54) is 35.2 Å². The molecule has 4 N–H and O–H groups in total. The Labute approximate surface area is 195 Å². The molecule has 168 valence electrons. The number of carbonyl (C=O) groups is 1. The van der Waals surface area contributed by atoms with Gasteiger partial charge < -0.3 is 5.32 Å². The van der Waals surface area contributed by atoms with E-state index in [4.69, 9.17) is 17.4 Å². The molecule has 0 atom stereocenters. The molecule has 1 amide bonds. The molecule has 1 heterocycles. The third-order valence-corrected chi connectivity index (χ3v) is 5.94. The molecule has 1 aliphatic rings. The number of hydrazone groups is 1. The van der Waals surface area contributed by atoms with E-state index < -0.39 is 21.7 Å². The number of halogens is 1. The zero-order valence-corrected chi connectivity index (χ0v) is 18.7. The lowest BCUT2D eigenvalue weighted by Gasteiger charge is -2.17. The Morgan fingerprint density at radius 2 is 1.79 bits per heavy atom. The van der Waals surface area contributed by atoms with Crippen LogP contribution < -0.4 is 20.8 Å². The average molecular weight is 484 g/mol. The Morgan fingerprint density at radius 1 is 1.06 bits per heavy atom. The van der Waals surface area contributed by atoms with Crippen LogP contribution in [-0.2, 0) is 21.4 Å². The fraction of sp³-hybridized carbons (Fsp3) is 0.0455. The van der Waals surface area contributed by atoms with E-state index in [9.17, 15) is 17.6 Å². The second kappa shape index (κ2) is 9.06. The number of benzene rings is 3. The van der Waals surface area contributed by atoms with Gasteiger partial charge in [0.2, 0.25) is 10.0 Å². The highest BCUT2D eigenvalue weighted by Gasteiger charge is 2.36. The number of nitrogens with zero attached hydrogens (tertiary/aromatic N) is 2. The highest BCUT2D eigenvalue weighted by molar-refractivity contribution is 7.89. The molecule has 3 aromatic carbocycles. The number of para-hydroxylation sites is 1. The molecule has 0 saturated heterocycles. The largest absolute Gasteiger partial charge is 0.331 e. The lowest BCUT2D eigenvalue weighted by Crippen LogP contribution is -2.32. The van der Waals surface area contributed by atoms with E-state index in [2.05, 4.69) is 15.8 Å². The van der Waals surface area contributed by atoms with Gasteiger partial charge in [-0.15, -0.1) is 0 Å². The molecule has 0 spiro atoms. The van der Waals surface area contributed by atoms with E-state index in [0.717, 1.165) is 5.56 Å². The van der Waals surface area contributed by atoms with Gasteiger partial charge in [0.15, 0.2) is 10.8 Å². The first-order chi connectivity index (χ1) is 15.7. The first-order valence-electron chi connectivity index (χ1n) is 9.66. The molecule has 8 nitrogen and oxygen atoms in total. The molecule has 11 heteroatoms. The quantitative estimate of drug-likeness (QED) is 0.380. The number of nitrogens with one attached hydrogen (secondary N) is 2. The number of rotatable bonds is 5. The van der Waals surface area contributed by atoms with Gasteiger partial charge >= 0.3 is 0 Å². The second-order valence-electron chi connectivity index (χ2n) is 7.11. The topological polar surface area (TPSA) is 117 Å². The van der Waals surface area contributed by atoms with E-state index in [1.807, 2.05) is 30.3 Å². The van der Waals surface area contributed by atoms with Crippen LogP contribution >= 0.6 is 12.2 Å². The van der Waals surface area contributed by atoms with E-state index >= 15 is 0 Å². The summed E-state index contributed by atoms with van der Waals surface area (Å²) in [4.78, 5) is 14.3. The van der Waals surface area contributed by atoms with Crippen molar-refractivity contribution in [2.45, 2.75) is 11.4 Å². The summed E-state index contributed by atoms with van der Waals surface area (Å²) in [5.74, 6) is -1.02. The number of thiocarbonyl (C=S) groups is 1. The second-order valence-corrected chi connectivity index (χ2v) is 9.08. The first kappa shape index (κ1) is 22.5. The van der Waals surface area contributed by atoms with Crippen molar-refractivity contribution < 1.29 is 17.6 Å². The van der Waals surface area contributed by atoms with Gasteiger partial charge in [-0.05, 0) is 42.0 Å². The molecule has 4 rings (SSSR count). The molecule has 0 fully saturated rings. The summed E-state index contributed by atoms with van der Waals surface area (Å²) in [6, 6.07) is 19.3. The van der Waals surface area contributed by atoms with Crippen molar-refractivity contribution in [1.29, 1.82) is 0 Å². The van der Waals surface area contributed by atoms with Crippen LogP contribution in [0.5, 0.6) is 0 Å². The van der Waals surface area contributed by atoms with Crippen LogP contribution in [-0.4, -0.2) is 25.1 Å². The number of hydrogen-bond acceptors (Lipinski definition) is 5. The summed E-state index contributed by atoms with van der Waals surface area (Å²) < 4.78 is 37.7. The third kappa shape index (κ3) is 4.90. The van der Waals surface area contributed by atoms with Crippen LogP contribution in [0.2, 0.25) is 0 Å². The van der Waals surface area contributed by atoms with Gasteiger partial charge in [0.1, 0.15) is 5.82 Å². The summed E-state index contributed by atoms with van der Waals surface area (Å²) in [5, 5.41) is 12.0. The molecular weight excluding hydrogens is 465 g/mol. The number of primary sulfonamides is 1. The fourth-order valence-corrected chi connectivity index (χ4v) is 4.09. The van der Waals surface area contributed by atoms with Crippen LogP contribution in [0.15, 0.2) is 82.8 Å². The molecule has 0 bridgehead atoms. The van der Waals surface area contributed by atoms with Gasteiger partial charge in [-0.2, -0.15) is 5.10 Å². The van der Waals surface area contributed by atoms with Gasteiger partial charge in [-0.1, -0.05) is 48.5 Å². The van der Waals surface area contributed by atoms with Crippen LogP contribution in [0.1, 0.15) is 11.1 Å². The molecular formula is C22H18FN5O3S2. The molecule has 33 heavy (non-hydrogen) atoms. The fourth-order valence-electron chi connectivity index (χ4n) is 3.37. The minimum Gasteiger partial charge on any atom is -0.331 e. The number of carbonyl (C=O) groups excluding carboxylic acids is 1. The van der Waals surface area contributed by atoms with Gasteiger partial charge in [-0.3, -0.25) is 15.1 Å². The number of fused-ring (bicyclic) bond motifs is 1. The first-order valence-corrected chi connectivity index (χ1v) is 11.6. The van der Waals surface area contributed by atoms with Gasteiger partial charge in [0.25, 0.3) is 5.91 Å². The van der Waals surface area contributed by atoms with E-state index in [0.29, 0.717) is 11.3 Å². The van der Waals surface area contributed by atoms with Crippen molar-refractivity contribution in [1.82, 2.24) is 5.43 Å². The molecule has 0 radical (unpaired) electrons. The van der Waals surface area contributed by atoms with Gasteiger partial charge in [-0.25, -0.2) is 17.9 Å². The Morgan fingerprint density at radius 3 is 2.52 bits per heavy atom. The molecule has 1 aliphatic heterocycles. The zero-order valence-electron chi connectivity index (χ0n) is 17.0. The SMILES string of the molecule is NS(=O)(=O)c1cccc(NC(=S)NN=C2C(=O)N(Cc3ccccc3)c3c(F)cccc32)c1. The predicted molar refractivity (Wildman–Crippen MR) is 128 cm³/mol. The molecule has 0 saturated carbocycles. The Bertz CT molecular complexity index is 1380. The third-order valence-electron chi connectivity index (χ3n) is 4.83. The molecule has 0 aliphatic carbocycles. The average Bonchev–Trinajstić information content (AvgIpc) is 3.04. The van der Waals surface area contributed by atoms with Crippen molar-refractivity contribution in [3.05, 3.63) is 89.7 Å². The normalized spacial score (nSPS) is 14.3. The predicted octanol–water partition coefficient (Wildman–Crippen LogP) is 2.71. The van der Waals surface area contributed by atoms with Crippen molar-refractivity contribution in [3.63, 3.8) is 0 Å². The van der Waals surface area contributed by atoms with E-state index in [1.54, 1.807) is 12.1 Å². The van der Waals surface area contributed by atoms with Crippen LogP contribution in [0, 0.1) is 5.82 Å². The maximum Gasteiger partial charge on any atom is 0.279 e. The minimum atomic E-state index is -3.88. The number of amides is 1. The number of hydrogen-bond donors (Lipinski definition) is 3. The lowest BCUT2D eigenvalue weighted by molar-refractivity contribution is -0.112. The number of sulfonamides is 1. The maximum atomic E-state index is 14.6. The Hall–Kier alpha value is -3.67. The zero-order chi connectivity index (χ0) is 23.6. The maximum absolute atomic E-state index is 14.6. The lowest BCUT2D eigenvalue weighted by atomic mass is 10.1. The monoisotopic (exact) mass is 483 g/mol. The number of anilines is 2. The standard InChI is InChI=1S/C22H18FN5O3S2/c23-18-11-5-10-17-19(21(29)28(20(17)18)13-14-6-2-1-3-7-14)26-27-22(32)25-15-8-4-9-16(12-15)33(24,30)31/h1-12H,13H2,(H2,24,30,31)(H2,25,27,32). The van der Waals surface area contributed by atoms with Gasteiger partial charge in [0.05, 0.1) is 17.1 Å². The van der Waals surface area contributed by atoms with Crippen LogP contribution in [0.25, 0.3) is 0 Å². The van der Waals surface area contributed by atoms with Crippen molar-refractivity contribution in [2.24, 2.45) is 10.2 Å². The molecule has 0 aromatic heterocycles. The molecule has 0 unspecified atom stereocenters. The van der Waals surface area contributed by atoms with Crippen molar-refractivity contribution >= 4 is 50.3 Å². The highest BCUT2D eigenvalue weighted by Crippen LogP contribution is 2.33. The Balaban J connectivity index is 1.56.